The van der Waals surface area contributed by atoms with Crippen molar-refractivity contribution in [3.8, 4) is 0 Å². The lowest BCUT2D eigenvalue weighted by molar-refractivity contribution is 0.0494. The van der Waals surface area contributed by atoms with Crippen LogP contribution in [0.15, 0.2) is 6.20 Å². The summed E-state index contributed by atoms with van der Waals surface area (Å²) in [5, 5.41) is 4.61. The molecule has 2 fully saturated rings. The lowest BCUT2D eigenvalue weighted by atomic mass is 9.93. The smallest absolute Gasteiger partial charge is 0.257 e. The van der Waals surface area contributed by atoms with Gasteiger partial charge in [0.2, 0.25) is 0 Å². The zero-order chi connectivity index (χ0) is 16.4. The Kier molecular flexibility index (Phi) is 5.02. The van der Waals surface area contributed by atoms with Crippen LogP contribution in [0, 0.1) is 0 Å². The van der Waals surface area contributed by atoms with Gasteiger partial charge in [-0.15, -0.1) is 0 Å². The molecule has 0 radical (unpaired) electrons. The van der Waals surface area contributed by atoms with E-state index >= 15 is 0 Å². The van der Waals surface area contributed by atoms with E-state index in [1.165, 1.54) is 0 Å². The highest BCUT2D eigenvalue weighted by atomic mass is 16.5. The van der Waals surface area contributed by atoms with E-state index in [2.05, 4.69) is 23.8 Å². The van der Waals surface area contributed by atoms with E-state index in [0.29, 0.717) is 5.92 Å². The normalized spacial score (nSPS) is 24.1. The summed E-state index contributed by atoms with van der Waals surface area (Å²) in [7, 11) is 1.90. The molecule has 1 aromatic rings. The molecule has 128 valence electrons. The van der Waals surface area contributed by atoms with Crippen molar-refractivity contribution >= 4 is 5.91 Å². The van der Waals surface area contributed by atoms with Gasteiger partial charge in [-0.2, -0.15) is 5.10 Å². The minimum atomic E-state index is 0.142. The summed E-state index contributed by atoms with van der Waals surface area (Å²) < 4.78 is 7.23. The molecular formula is C17H28N4O2. The van der Waals surface area contributed by atoms with Crippen LogP contribution in [0.5, 0.6) is 0 Å². The molecule has 3 heterocycles. The summed E-state index contributed by atoms with van der Waals surface area (Å²) in [6.45, 7) is 9.61. The Morgan fingerprint density at radius 2 is 2.09 bits per heavy atom. The fraction of sp³-hybridized carbons (Fsp3) is 0.765. The molecule has 0 saturated carbocycles. The number of likely N-dealkylation sites (N-methyl/N-ethyl adjacent to an activating group) is 1. The van der Waals surface area contributed by atoms with Gasteiger partial charge in [0.25, 0.3) is 5.91 Å². The van der Waals surface area contributed by atoms with E-state index in [9.17, 15) is 4.79 Å². The molecule has 1 amide bonds. The van der Waals surface area contributed by atoms with Crippen molar-refractivity contribution in [2.24, 2.45) is 7.05 Å². The highest BCUT2D eigenvalue weighted by Gasteiger charge is 2.32. The average Bonchev–Trinajstić information content (AvgIpc) is 2.97. The summed E-state index contributed by atoms with van der Waals surface area (Å²) in [6, 6.07) is 0.249. The molecule has 0 bridgehead atoms. The largest absolute Gasteiger partial charge is 0.381 e. The summed E-state index contributed by atoms with van der Waals surface area (Å²) >= 11 is 0. The first-order valence-corrected chi connectivity index (χ1v) is 8.74. The van der Waals surface area contributed by atoms with Crippen molar-refractivity contribution in [2.45, 2.75) is 38.6 Å². The molecule has 1 aromatic heterocycles. The molecule has 0 N–H and O–H groups in total. The number of ether oxygens (including phenoxy) is 1. The van der Waals surface area contributed by atoms with Crippen molar-refractivity contribution in [2.75, 3.05) is 39.4 Å². The molecule has 3 rings (SSSR count). The van der Waals surface area contributed by atoms with Crippen molar-refractivity contribution in [1.82, 2.24) is 19.6 Å². The number of carbonyl (C=O) groups is 1. The number of rotatable bonds is 3. The summed E-state index contributed by atoms with van der Waals surface area (Å²) in [5.41, 5.74) is 1.75. The third kappa shape index (κ3) is 3.43. The molecule has 0 aliphatic carbocycles. The van der Waals surface area contributed by atoms with Crippen LogP contribution in [0.1, 0.15) is 48.7 Å². The molecule has 0 aromatic carbocycles. The minimum absolute atomic E-state index is 0.142. The third-order valence-corrected chi connectivity index (χ3v) is 5.12. The predicted molar refractivity (Wildman–Crippen MR) is 88.6 cm³/mol. The predicted octanol–water partition coefficient (Wildman–Crippen LogP) is 1.48. The van der Waals surface area contributed by atoms with Crippen LogP contribution in [-0.4, -0.2) is 70.9 Å². The molecule has 6 nitrogen and oxygen atoms in total. The lowest BCUT2D eigenvalue weighted by Crippen LogP contribution is -2.53. The summed E-state index contributed by atoms with van der Waals surface area (Å²) in [6.07, 6.45) is 3.80. The fourth-order valence-electron chi connectivity index (χ4n) is 3.72. The third-order valence-electron chi connectivity index (χ3n) is 5.12. The second-order valence-electron chi connectivity index (χ2n) is 6.73. The number of nitrogens with zero attached hydrogens (tertiary/aromatic N) is 4. The van der Waals surface area contributed by atoms with Crippen LogP contribution in [0.4, 0.5) is 0 Å². The van der Waals surface area contributed by atoms with Crippen LogP contribution >= 0.6 is 0 Å². The van der Waals surface area contributed by atoms with E-state index < -0.39 is 0 Å². The second kappa shape index (κ2) is 7.01. The Morgan fingerprint density at radius 1 is 1.35 bits per heavy atom. The summed E-state index contributed by atoms with van der Waals surface area (Å²) in [4.78, 5) is 17.5. The first kappa shape index (κ1) is 16.5. The van der Waals surface area contributed by atoms with Gasteiger partial charge in [-0.05, 0) is 26.3 Å². The SMILES string of the molecule is CCN1CCN(C(=O)c2cn(C)nc2C2CCOCC2)C(C)C1. The quantitative estimate of drug-likeness (QED) is 0.846. The van der Waals surface area contributed by atoms with E-state index in [1.54, 1.807) is 4.68 Å². The summed E-state index contributed by atoms with van der Waals surface area (Å²) in [5.74, 6) is 0.485. The number of aryl methyl sites for hydroxylation is 1. The first-order valence-electron chi connectivity index (χ1n) is 8.74. The molecular weight excluding hydrogens is 292 g/mol. The van der Waals surface area contributed by atoms with Gasteiger partial charge in [-0.25, -0.2) is 0 Å². The van der Waals surface area contributed by atoms with Gasteiger partial charge in [0.05, 0.1) is 11.3 Å². The van der Waals surface area contributed by atoms with Crippen LogP contribution in [-0.2, 0) is 11.8 Å². The molecule has 1 atom stereocenters. The molecule has 1 unspecified atom stereocenters. The Balaban J connectivity index is 1.79. The van der Waals surface area contributed by atoms with Crippen molar-refractivity contribution < 1.29 is 9.53 Å². The molecule has 2 saturated heterocycles. The van der Waals surface area contributed by atoms with Crippen LogP contribution in [0.3, 0.4) is 0 Å². The Morgan fingerprint density at radius 3 is 2.74 bits per heavy atom. The van der Waals surface area contributed by atoms with E-state index in [1.807, 2.05) is 18.1 Å². The maximum atomic E-state index is 13.1. The Bertz CT molecular complexity index is 551. The fourth-order valence-corrected chi connectivity index (χ4v) is 3.72. The Labute approximate surface area is 138 Å². The van der Waals surface area contributed by atoms with E-state index in [0.717, 1.165) is 63.5 Å². The van der Waals surface area contributed by atoms with Gasteiger partial charge >= 0.3 is 0 Å². The van der Waals surface area contributed by atoms with Crippen molar-refractivity contribution in [3.63, 3.8) is 0 Å². The highest BCUT2D eigenvalue weighted by molar-refractivity contribution is 5.95. The van der Waals surface area contributed by atoms with Gasteiger partial charge in [0.1, 0.15) is 0 Å². The first-order chi connectivity index (χ1) is 11.1. The number of hydrogen-bond donors (Lipinski definition) is 0. The van der Waals surface area contributed by atoms with Gasteiger partial charge in [0, 0.05) is 58.1 Å². The lowest BCUT2D eigenvalue weighted by Gasteiger charge is -2.39. The maximum absolute atomic E-state index is 13.1. The van der Waals surface area contributed by atoms with Crippen LogP contribution in [0.2, 0.25) is 0 Å². The van der Waals surface area contributed by atoms with Crippen molar-refractivity contribution in [1.29, 1.82) is 0 Å². The molecule has 0 spiro atoms. The monoisotopic (exact) mass is 320 g/mol. The maximum Gasteiger partial charge on any atom is 0.257 e. The van der Waals surface area contributed by atoms with Crippen LogP contribution < -0.4 is 0 Å². The van der Waals surface area contributed by atoms with Gasteiger partial charge in [-0.1, -0.05) is 6.92 Å². The molecule has 23 heavy (non-hydrogen) atoms. The topological polar surface area (TPSA) is 50.6 Å². The van der Waals surface area contributed by atoms with Gasteiger partial charge in [0.15, 0.2) is 0 Å². The second-order valence-corrected chi connectivity index (χ2v) is 6.73. The zero-order valence-electron chi connectivity index (χ0n) is 14.5. The molecule has 2 aliphatic heterocycles. The average molecular weight is 320 g/mol. The van der Waals surface area contributed by atoms with Gasteiger partial charge in [-0.3, -0.25) is 14.4 Å². The zero-order valence-corrected chi connectivity index (χ0v) is 14.5. The van der Waals surface area contributed by atoms with Gasteiger partial charge < -0.3 is 9.64 Å². The standard InChI is InChI=1S/C17H28N4O2/c1-4-20-7-8-21(13(2)11-20)17(22)15-12-19(3)18-16(15)14-5-9-23-10-6-14/h12-14H,4-11H2,1-3H3. The van der Waals surface area contributed by atoms with Crippen molar-refractivity contribution in [3.05, 3.63) is 17.5 Å². The number of aromatic nitrogens is 2. The Hall–Kier alpha value is -1.40. The van der Waals surface area contributed by atoms with E-state index in [-0.39, 0.29) is 11.9 Å². The highest BCUT2D eigenvalue weighted by Crippen LogP contribution is 2.29. The molecule has 2 aliphatic rings. The van der Waals surface area contributed by atoms with Crippen LogP contribution in [0.25, 0.3) is 0 Å². The number of hydrogen-bond acceptors (Lipinski definition) is 4. The molecule has 6 heteroatoms. The van der Waals surface area contributed by atoms with E-state index in [4.69, 9.17) is 4.74 Å². The number of carbonyl (C=O) groups excluding carboxylic acids is 1. The number of amides is 1. The minimum Gasteiger partial charge on any atom is -0.381 e. The number of piperazine rings is 1.